The smallest absolute Gasteiger partial charge is 0.387 e. The Balaban J connectivity index is 4.20. The molecule has 0 bridgehead atoms. The van der Waals surface area contributed by atoms with Crippen molar-refractivity contribution in [2.75, 3.05) is 40.9 Å². The Morgan fingerprint density at radius 1 is 0.532 bits per heavy atom. The van der Waals surface area contributed by atoms with E-state index in [1.54, 1.807) is 6.08 Å². The summed E-state index contributed by atoms with van der Waals surface area (Å²) < 4.78 is 23.6. The molecule has 0 saturated carbocycles. The first-order chi connectivity index (χ1) is 30.0. The van der Waals surface area contributed by atoms with E-state index < -0.39 is 20.0 Å². The van der Waals surface area contributed by atoms with Gasteiger partial charge in [0, 0.05) is 6.42 Å². The number of nitrogens with one attached hydrogen (secondary N) is 1. The molecule has 9 heteroatoms. The largest absolute Gasteiger partial charge is 0.472 e. The lowest BCUT2D eigenvalue weighted by atomic mass is 10.0. The van der Waals surface area contributed by atoms with Crippen molar-refractivity contribution in [2.24, 2.45) is 0 Å². The van der Waals surface area contributed by atoms with Gasteiger partial charge in [0.15, 0.2) is 0 Å². The van der Waals surface area contributed by atoms with E-state index in [0.717, 1.165) is 38.5 Å². The van der Waals surface area contributed by atoms with Crippen LogP contribution in [0, 0.1) is 0 Å². The molecule has 1 amide bonds. The van der Waals surface area contributed by atoms with E-state index in [1.165, 1.54) is 199 Å². The number of phosphoric acid groups is 1. The van der Waals surface area contributed by atoms with Gasteiger partial charge in [0.25, 0.3) is 0 Å². The van der Waals surface area contributed by atoms with Crippen LogP contribution < -0.4 is 5.32 Å². The fourth-order valence-corrected chi connectivity index (χ4v) is 8.68. The summed E-state index contributed by atoms with van der Waals surface area (Å²) in [5.41, 5.74) is 0. The molecule has 0 aromatic carbocycles. The van der Waals surface area contributed by atoms with Crippen LogP contribution in [0.4, 0.5) is 0 Å². The summed E-state index contributed by atoms with van der Waals surface area (Å²) in [4.78, 5) is 23.2. The molecule has 3 unspecified atom stereocenters. The summed E-state index contributed by atoms with van der Waals surface area (Å²) >= 11 is 0. The number of hydrogen-bond donors (Lipinski definition) is 3. The Hall–Kier alpha value is -1.02. The van der Waals surface area contributed by atoms with E-state index >= 15 is 0 Å². The van der Waals surface area contributed by atoms with Gasteiger partial charge in [0.2, 0.25) is 5.91 Å². The van der Waals surface area contributed by atoms with Gasteiger partial charge in [-0.1, -0.05) is 244 Å². The summed E-state index contributed by atoms with van der Waals surface area (Å²) in [7, 11) is 1.57. The number of aliphatic hydroxyl groups is 1. The van der Waals surface area contributed by atoms with Crippen LogP contribution in [-0.4, -0.2) is 73.4 Å². The van der Waals surface area contributed by atoms with Crippen molar-refractivity contribution in [1.82, 2.24) is 5.32 Å². The number of hydrogen-bond acceptors (Lipinski definition) is 5. The van der Waals surface area contributed by atoms with Crippen LogP contribution in [0.25, 0.3) is 0 Å². The van der Waals surface area contributed by atoms with Crippen molar-refractivity contribution in [3.8, 4) is 0 Å². The Morgan fingerprint density at radius 3 is 1.29 bits per heavy atom. The quantitative estimate of drug-likeness (QED) is 0.0243. The fourth-order valence-electron chi connectivity index (χ4n) is 7.94. The number of rotatable bonds is 49. The van der Waals surface area contributed by atoms with Gasteiger partial charge in [-0.3, -0.25) is 13.8 Å². The van der Waals surface area contributed by atoms with Crippen molar-refractivity contribution >= 4 is 13.7 Å². The van der Waals surface area contributed by atoms with Crippen molar-refractivity contribution in [3.63, 3.8) is 0 Å². The SMILES string of the molecule is CCCCCCCCCCC/C=C/CC/C=C/C(O)C(COP(=O)(O)OCC[N+](C)(C)C)NC(=O)CCCCCCCCCCCCCCCCCCCCCCCCCCC. The maximum atomic E-state index is 12.9. The van der Waals surface area contributed by atoms with E-state index in [1.807, 2.05) is 27.2 Å². The number of nitrogens with zero attached hydrogens (tertiary/aromatic N) is 1. The maximum Gasteiger partial charge on any atom is 0.472 e. The zero-order chi connectivity index (χ0) is 45.7. The number of quaternary nitrogens is 1. The van der Waals surface area contributed by atoms with Crippen LogP contribution >= 0.6 is 7.82 Å². The molecule has 0 aliphatic heterocycles. The summed E-state index contributed by atoms with van der Waals surface area (Å²) in [6.07, 6.45) is 55.6. The van der Waals surface area contributed by atoms with Gasteiger partial charge in [-0.05, 0) is 32.1 Å². The van der Waals surface area contributed by atoms with Crippen LogP contribution in [0.2, 0.25) is 0 Å². The van der Waals surface area contributed by atoms with Crippen LogP contribution in [0.15, 0.2) is 24.3 Å². The summed E-state index contributed by atoms with van der Waals surface area (Å²) in [6, 6.07) is -0.859. The number of likely N-dealkylation sites (N-methyl/N-ethyl adjacent to an activating group) is 1. The minimum absolute atomic E-state index is 0.0585. The van der Waals surface area contributed by atoms with Crippen LogP contribution in [0.1, 0.15) is 258 Å². The average molecular weight is 898 g/mol. The topological polar surface area (TPSA) is 105 Å². The van der Waals surface area contributed by atoms with Gasteiger partial charge < -0.3 is 19.8 Å². The molecule has 0 aliphatic rings. The second-order valence-corrected chi connectivity index (χ2v) is 21.1. The predicted octanol–water partition coefficient (Wildman–Crippen LogP) is 15.6. The molecule has 3 N–H and O–H groups in total. The lowest BCUT2D eigenvalue weighted by Gasteiger charge is -2.25. The number of phosphoric ester groups is 1. The molecule has 0 spiro atoms. The first kappa shape index (κ1) is 61.0. The maximum absolute atomic E-state index is 12.9. The first-order valence-corrected chi connectivity index (χ1v) is 28.2. The molecule has 0 fully saturated rings. The normalized spacial score (nSPS) is 14.2. The van der Waals surface area contributed by atoms with Gasteiger partial charge in [-0.15, -0.1) is 0 Å². The molecule has 0 aliphatic carbocycles. The fraction of sp³-hybridized carbons (Fsp3) is 0.906. The molecule has 0 aromatic heterocycles. The lowest BCUT2D eigenvalue weighted by molar-refractivity contribution is -0.870. The molecule has 8 nitrogen and oxygen atoms in total. The van der Waals surface area contributed by atoms with Crippen molar-refractivity contribution in [3.05, 3.63) is 24.3 Å². The van der Waals surface area contributed by atoms with E-state index in [2.05, 4.69) is 31.3 Å². The van der Waals surface area contributed by atoms with Gasteiger partial charge in [0.1, 0.15) is 13.2 Å². The molecule has 0 aromatic rings. The number of carbonyl (C=O) groups excluding carboxylic acids is 1. The van der Waals surface area contributed by atoms with Crippen molar-refractivity contribution in [2.45, 2.75) is 270 Å². The minimum Gasteiger partial charge on any atom is -0.387 e. The zero-order valence-electron chi connectivity index (χ0n) is 41.9. The number of unbranched alkanes of at least 4 members (excludes halogenated alkanes) is 34. The number of amides is 1. The molecule has 0 radical (unpaired) electrons. The third-order valence-corrected chi connectivity index (χ3v) is 13.2. The predicted molar refractivity (Wildman–Crippen MR) is 268 cm³/mol. The van der Waals surface area contributed by atoms with Crippen LogP contribution in [-0.2, 0) is 18.4 Å². The summed E-state index contributed by atoms with van der Waals surface area (Å²) in [5, 5.41) is 13.9. The van der Waals surface area contributed by atoms with E-state index in [9.17, 15) is 19.4 Å². The van der Waals surface area contributed by atoms with Gasteiger partial charge in [-0.2, -0.15) is 0 Å². The molecule has 3 atom stereocenters. The Kier molecular flexibility index (Phi) is 44.4. The highest BCUT2D eigenvalue weighted by molar-refractivity contribution is 7.47. The zero-order valence-corrected chi connectivity index (χ0v) is 42.8. The second-order valence-electron chi connectivity index (χ2n) is 19.6. The summed E-state index contributed by atoms with van der Waals surface area (Å²) in [5.74, 6) is -0.182. The lowest BCUT2D eigenvalue weighted by Crippen LogP contribution is -2.45. The Bertz CT molecular complexity index is 1060. The number of carbonyl (C=O) groups is 1. The Morgan fingerprint density at radius 2 is 0.887 bits per heavy atom. The van der Waals surface area contributed by atoms with Crippen molar-refractivity contribution < 1.29 is 32.9 Å². The third-order valence-electron chi connectivity index (χ3n) is 12.2. The van der Waals surface area contributed by atoms with E-state index in [4.69, 9.17) is 9.05 Å². The van der Waals surface area contributed by atoms with Crippen molar-refractivity contribution in [1.29, 1.82) is 0 Å². The highest BCUT2D eigenvalue weighted by Gasteiger charge is 2.27. The van der Waals surface area contributed by atoms with Gasteiger partial charge in [0.05, 0.1) is 39.9 Å². The molecular weight excluding hydrogens is 792 g/mol. The minimum atomic E-state index is -4.35. The first-order valence-electron chi connectivity index (χ1n) is 26.7. The molecule has 368 valence electrons. The third kappa shape index (κ3) is 47.0. The van der Waals surface area contributed by atoms with Gasteiger partial charge >= 0.3 is 7.82 Å². The molecule has 0 rings (SSSR count). The number of aliphatic hydroxyl groups excluding tert-OH is 1. The summed E-state index contributed by atoms with van der Waals surface area (Å²) in [6.45, 7) is 4.82. The van der Waals surface area contributed by atoms with E-state index in [0.29, 0.717) is 17.4 Å². The molecule has 0 heterocycles. The second kappa shape index (κ2) is 45.1. The van der Waals surface area contributed by atoms with Crippen LogP contribution in [0.3, 0.4) is 0 Å². The molecular formula is C53H106N2O6P+. The highest BCUT2D eigenvalue weighted by atomic mass is 31.2. The van der Waals surface area contributed by atoms with Gasteiger partial charge in [-0.25, -0.2) is 4.57 Å². The van der Waals surface area contributed by atoms with E-state index in [-0.39, 0.29) is 19.1 Å². The average Bonchev–Trinajstić information content (AvgIpc) is 3.23. The molecule has 62 heavy (non-hydrogen) atoms. The monoisotopic (exact) mass is 898 g/mol. The molecule has 0 saturated heterocycles. The Labute approximate surface area is 385 Å². The van der Waals surface area contributed by atoms with Crippen LogP contribution in [0.5, 0.6) is 0 Å². The highest BCUT2D eigenvalue weighted by Crippen LogP contribution is 2.43. The standard InChI is InChI=1S/C53H105N2O6P/c1-6-8-10-12-14-16-18-20-22-23-24-25-26-27-28-29-30-31-33-35-37-39-41-43-45-47-53(57)54-51(50-61-62(58,59)60-49-48-55(3,4)5)52(56)46-44-42-40-38-36-34-32-21-19-17-15-13-11-9-7-2/h36,38,44,46,51-52,56H,6-35,37,39-43,45,47-50H2,1-5H3,(H-,54,57,58,59)/p+1/b38-36+,46-44+. The number of allylic oxidation sites excluding steroid dienone is 3.